The van der Waals surface area contributed by atoms with Crippen LogP contribution in [0.2, 0.25) is 0 Å². The quantitative estimate of drug-likeness (QED) is 0.131. The first-order chi connectivity index (χ1) is 25.8. The molecule has 3 aromatic carbocycles. The Morgan fingerprint density at radius 2 is 1.63 bits per heavy atom. The van der Waals surface area contributed by atoms with Crippen molar-refractivity contribution < 1.29 is 32.9 Å². The third-order valence-corrected chi connectivity index (χ3v) is 11.4. The first kappa shape index (κ1) is 38.8. The Labute approximate surface area is 315 Å². The van der Waals surface area contributed by atoms with E-state index in [4.69, 9.17) is 14.6 Å². The van der Waals surface area contributed by atoms with E-state index in [0.717, 1.165) is 47.2 Å². The second kappa shape index (κ2) is 16.6. The van der Waals surface area contributed by atoms with Gasteiger partial charge in [0.15, 0.2) is 0 Å². The number of carbonyl (C=O) groups is 1. The number of carboxylic acids is 1. The van der Waals surface area contributed by atoms with Crippen LogP contribution < -0.4 is 4.74 Å². The molecule has 0 saturated carbocycles. The van der Waals surface area contributed by atoms with Gasteiger partial charge >= 0.3 is 5.97 Å². The lowest BCUT2D eigenvalue weighted by atomic mass is 9.81. The van der Waals surface area contributed by atoms with Crippen LogP contribution in [0.25, 0.3) is 0 Å². The summed E-state index contributed by atoms with van der Waals surface area (Å²) in [5.41, 5.74) is 4.35. The summed E-state index contributed by atoms with van der Waals surface area (Å²) in [4.78, 5) is 12.7. The predicted molar refractivity (Wildman–Crippen MR) is 199 cm³/mol. The molecule has 0 radical (unpaired) electrons. The number of hydrogen-bond donors (Lipinski definition) is 2. The zero-order chi connectivity index (χ0) is 38.5. The summed E-state index contributed by atoms with van der Waals surface area (Å²) in [7, 11) is -3.88. The summed E-state index contributed by atoms with van der Waals surface area (Å²) in [6.45, 7) is 8.37. The van der Waals surface area contributed by atoms with Crippen LogP contribution in [0.3, 0.4) is 0 Å². The monoisotopic (exact) mass is 757 g/mol. The molecule has 2 atom stereocenters. The molecule has 14 nitrogen and oxygen atoms in total. The molecule has 5 aromatic rings. The van der Waals surface area contributed by atoms with Crippen molar-refractivity contribution in [1.29, 1.82) is 0 Å². The number of sulfonamides is 1. The minimum absolute atomic E-state index is 0.00368. The third-order valence-electron chi connectivity index (χ3n) is 9.58. The van der Waals surface area contributed by atoms with E-state index < -0.39 is 27.5 Å². The number of fused-ring (bicyclic) bond motifs is 1. The van der Waals surface area contributed by atoms with Gasteiger partial charge in [-0.2, -0.15) is 4.31 Å². The van der Waals surface area contributed by atoms with E-state index >= 15 is 0 Å². The lowest BCUT2D eigenvalue weighted by molar-refractivity contribution is -0.158. The van der Waals surface area contributed by atoms with Crippen molar-refractivity contribution in [3.05, 3.63) is 118 Å². The van der Waals surface area contributed by atoms with Gasteiger partial charge < -0.3 is 19.7 Å². The van der Waals surface area contributed by atoms with E-state index in [-0.39, 0.29) is 37.3 Å². The van der Waals surface area contributed by atoms with Crippen molar-refractivity contribution in [2.24, 2.45) is 5.41 Å². The van der Waals surface area contributed by atoms with Gasteiger partial charge in [-0.25, -0.2) is 17.8 Å². The Kier molecular flexibility index (Phi) is 11.9. The number of benzene rings is 3. The number of rotatable bonds is 16. The van der Waals surface area contributed by atoms with E-state index in [9.17, 15) is 18.3 Å². The molecule has 2 N–H and O–H groups in total. The molecule has 1 aliphatic rings. The summed E-state index contributed by atoms with van der Waals surface area (Å²) < 4.78 is 44.8. The number of carboxylic acid groups (broad SMARTS) is 1. The fourth-order valence-corrected chi connectivity index (χ4v) is 8.15. The number of aryl methyl sites for hydroxylation is 2. The minimum atomic E-state index is -3.88. The number of aliphatic hydroxyl groups excluding tert-OH is 1. The zero-order valence-electron chi connectivity index (χ0n) is 31.0. The Bertz CT molecular complexity index is 2180. The number of nitrogens with zero attached hydrogens (tertiary/aromatic N) is 7. The lowest BCUT2D eigenvalue weighted by Crippen LogP contribution is -2.36. The normalized spacial score (nSPS) is 16.4. The number of ether oxygens (including phenoxy) is 2. The van der Waals surface area contributed by atoms with Crippen molar-refractivity contribution in [1.82, 2.24) is 34.3 Å². The molecule has 15 heteroatoms. The van der Waals surface area contributed by atoms with E-state index in [1.807, 2.05) is 56.4 Å². The highest BCUT2D eigenvalue weighted by molar-refractivity contribution is 7.89. The molecule has 0 fully saturated rings. The topological polar surface area (TPSA) is 175 Å². The highest BCUT2D eigenvalue weighted by atomic mass is 32.2. The second-order valence-corrected chi connectivity index (χ2v) is 16.3. The van der Waals surface area contributed by atoms with Crippen molar-refractivity contribution in [2.75, 3.05) is 13.2 Å². The molecule has 0 spiro atoms. The van der Waals surface area contributed by atoms with Gasteiger partial charge in [-0.15, -0.1) is 10.2 Å². The molecule has 2 aromatic heterocycles. The molecule has 6 rings (SSSR count). The molecular formula is C39H47N7O7S. The Morgan fingerprint density at radius 1 is 0.944 bits per heavy atom. The maximum atomic E-state index is 13.8. The van der Waals surface area contributed by atoms with Crippen LogP contribution in [0.5, 0.6) is 5.75 Å². The maximum Gasteiger partial charge on any atom is 0.312 e. The van der Waals surface area contributed by atoms with Crippen molar-refractivity contribution in [3.8, 4) is 5.75 Å². The van der Waals surface area contributed by atoms with Gasteiger partial charge in [0.2, 0.25) is 10.0 Å². The van der Waals surface area contributed by atoms with Gasteiger partial charge in [-0.3, -0.25) is 4.79 Å². The number of unbranched alkanes of at least 4 members (excludes halogenated alkanes) is 1. The molecule has 1 aliphatic heterocycles. The summed E-state index contributed by atoms with van der Waals surface area (Å²) >= 11 is 0. The van der Waals surface area contributed by atoms with E-state index in [1.165, 1.54) is 4.31 Å². The zero-order valence-corrected chi connectivity index (χ0v) is 31.8. The van der Waals surface area contributed by atoms with Gasteiger partial charge in [0, 0.05) is 19.3 Å². The molecular weight excluding hydrogens is 711 g/mol. The molecule has 1 unspecified atom stereocenters. The van der Waals surface area contributed by atoms with Crippen LogP contribution in [-0.4, -0.2) is 78.1 Å². The average Bonchev–Trinajstić information content (AvgIpc) is 3.76. The predicted octanol–water partition coefficient (Wildman–Crippen LogP) is 4.93. The molecule has 0 aliphatic carbocycles. The van der Waals surface area contributed by atoms with Crippen LogP contribution >= 0.6 is 0 Å². The van der Waals surface area contributed by atoms with Crippen molar-refractivity contribution in [3.63, 3.8) is 0 Å². The number of aromatic nitrogens is 6. The van der Waals surface area contributed by atoms with Gasteiger partial charge in [-0.1, -0.05) is 65.0 Å². The average molecular weight is 758 g/mol. The fourth-order valence-electron chi connectivity index (χ4n) is 6.54. The maximum absolute atomic E-state index is 13.8. The Morgan fingerprint density at radius 3 is 2.33 bits per heavy atom. The highest BCUT2D eigenvalue weighted by Gasteiger charge is 2.40. The van der Waals surface area contributed by atoms with Crippen molar-refractivity contribution in [2.45, 2.75) is 90.3 Å². The standard InChI is InChI=1S/C39H47N7O7S/c1-27-15-16-31(19-32(27)23-46-20-28(2)53-35-13-5-6-14-36(35)54(46,50)51)37(39(3,4)38(48)49)52-26-34-25-45(43-41-34)22-30-11-9-10-29(18-30)21-44-24-33(40-42-44)12-7-8-17-47/h5-6,9-11,13-16,18-19,24-25,28,37,47H,7-8,12,17,20-23,26H2,1-4H3,(H,48,49)/t28-,37?/m1/s1. The van der Waals surface area contributed by atoms with Gasteiger partial charge in [0.05, 0.1) is 49.7 Å². The van der Waals surface area contributed by atoms with Crippen molar-refractivity contribution >= 4 is 16.0 Å². The van der Waals surface area contributed by atoms with Crippen LogP contribution in [0.1, 0.15) is 78.9 Å². The Hall–Kier alpha value is -4.96. The summed E-state index contributed by atoms with van der Waals surface area (Å²) in [5, 5.41) is 36.4. The second-order valence-electron chi connectivity index (χ2n) is 14.4. The highest BCUT2D eigenvalue weighted by Crippen LogP contribution is 2.39. The fraction of sp³-hybridized carbons (Fsp3) is 0.410. The molecule has 3 heterocycles. The molecule has 54 heavy (non-hydrogen) atoms. The molecule has 0 bridgehead atoms. The van der Waals surface area contributed by atoms with E-state index in [2.05, 4.69) is 26.7 Å². The summed E-state index contributed by atoms with van der Waals surface area (Å²) in [5.74, 6) is -0.719. The SMILES string of the molecule is Cc1ccc(C(OCc2cn(Cc3cccc(Cn4cc(CCCCO)nn4)c3)nn2)C(C)(C)C(=O)O)cc1CN1C[C@@H](C)Oc2ccccc2S1(=O)=O. The van der Waals surface area contributed by atoms with Gasteiger partial charge in [-0.05, 0) is 86.9 Å². The first-order valence-corrected chi connectivity index (χ1v) is 19.4. The molecule has 286 valence electrons. The van der Waals surface area contributed by atoms with Gasteiger partial charge in [0.1, 0.15) is 22.4 Å². The van der Waals surface area contributed by atoms with Crippen LogP contribution in [0.15, 0.2) is 84.0 Å². The largest absolute Gasteiger partial charge is 0.488 e. The smallest absolute Gasteiger partial charge is 0.312 e. The van der Waals surface area contributed by atoms with Gasteiger partial charge in [0.25, 0.3) is 0 Å². The van der Waals surface area contributed by atoms with E-state index in [1.54, 1.807) is 53.7 Å². The summed E-state index contributed by atoms with van der Waals surface area (Å²) in [6.07, 6.45) is 4.80. The lowest BCUT2D eigenvalue weighted by Gasteiger charge is -2.31. The van der Waals surface area contributed by atoms with Crippen LogP contribution in [0.4, 0.5) is 0 Å². The first-order valence-electron chi connectivity index (χ1n) is 18.0. The number of aliphatic hydroxyl groups is 1. The number of aliphatic carboxylic acids is 1. The summed E-state index contributed by atoms with van der Waals surface area (Å²) in [6, 6.07) is 20.2. The third kappa shape index (κ3) is 9.04. The van der Waals surface area contributed by atoms with Crippen LogP contribution in [0, 0.1) is 12.3 Å². The minimum Gasteiger partial charge on any atom is -0.488 e. The van der Waals surface area contributed by atoms with Crippen LogP contribution in [-0.2, 0) is 52.2 Å². The van der Waals surface area contributed by atoms with E-state index in [0.29, 0.717) is 30.1 Å². The number of hydrogen-bond acceptors (Lipinski definition) is 10. The Balaban J connectivity index is 1.15. The molecule has 0 saturated heterocycles. The molecule has 0 amide bonds. The number of para-hydroxylation sites is 1.